The number of carbonyl (C=O) groups excluding carboxylic acids is 1. The minimum Gasteiger partial charge on any atom is -0.453 e. The Morgan fingerprint density at radius 3 is 2.84 bits per heavy atom. The van der Waals surface area contributed by atoms with Gasteiger partial charge in [0.05, 0.1) is 0 Å². The minimum absolute atomic E-state index is 0.0841. The normalized spacial score (nSPS) is 14.1. The number of nitrogens with zero attached hydrogens (tertiary/aromatic N) is 2. The summed E-state index contributed by atoms with van der Waals surface area (Å²) in [6.45, 7) is -0.0841. The third kappa shape index (κ3) is 2.28. The smallest absolute Gasteiger partial charge is 0.359 e. The van der Waals surface area contributed by atoms with E-state index < -0.39 is 11.7 Å². The molecule has 19 heavy (non-hydrogen) atoms. The number of carbonyl (C=O) groups is 1. The molecule has 3 rings (SSSR count). The van der Waals surface area contributed by atoms with Gasteiger partial charge in [-0.3, -0.25) is 10.1 Å². The Morgan fingerprint density at radius 2 is 2.05 bits per heavy atom. The van der Waals surface area contributed by atoms with E-state index in [2.05, 4.69) is 25.4 Å². The summed E-state index contributed by atoms with van der Waals surface area (Å²) in [5.74, 6) is -0.217. The summed E-state index contributed by atoms with van der Waals surface area (Å²) >= 11 is 0. The van der Waals surface area contributed by atoms with E-state index in [9.17, 15) is 9.59 Å². The first-order chi connectivity index (χ1) is 9.24. The van der Waals surface area contributed by atoms with Crippen molar-refractivity contribution >= 4 is 5.97 Å². The topological polar surface area (TPSA) is 117 Å². The monoisotopic (exact) mass is 263 g/mol. The molecule has 0 unspecified atom stereocenters. The van der Waals surface area contributed by atoms with Crippen molar-refractivity contribution in [3.8, 4) is 0 Å². The molecule has 0 bridgehead atoms. The van der Waals surface area contributed by atoms with Crippen molar-refractivity contribution in [1.82, 2.24) is 25.4 Å². The molecule has 0 saturated heterocycles. The highest BCUT2D eigenvalue weighted by atomic mass is 16.5. The summed E-state index contributed by atoms with van der Waals surface area (Å²) in [6, 6.07) is 0. The molecular formula is C11H13N5O3. The van der Waals surface area contributed by atoms with Gasteiger partial charge in [0, 0.05) is 11.3 Å². The zero-order valence-corrected chi connectivity index (χ0v) is 10.2. The molecule has 1 aliphatic carbocycles. The number of hydrogen-bond donors (Lipinski definition) is 3. The zero-order valence-electron chi connectivity index (χ0n) is 10.2. The molecule has 0 spiro atoms. The standard InChI is InChI=1S/C11H13N5O3/c17-10(19-5-8-12-11(18)16-14-8)9-6-3-1-2-4-7(6)13-15-9/h1-5H2,(H,13,15)(H2,12,14,16,18). The Kier molecular flexibility index (Phi) is 2.90. The Labute approximate surface area is 107 Å². The maximum absolute atomic E-state index is 11.9. The van der Waals surface area contributed by atoms with Gasteiger partial charge in [-0.25, -0.2) is 14.7 Å². The largest absolute Gasteiger partial charge is 0.453 e. The molecule has 100 valence electrons. The third-order valence-electron chi connectivity index (χ3n) is 3.14. The molecule has 0 saturated carbocycles. The number of fused-ring (bicyclic) bond motifs is 1. The van der Waals surface area contributed by atoms with Crippen molar-refractivity contribution in [2.24, 2.45) is 0 Å². The van der Waals surface area contributed by atoms with Gasteiger partial charge < -0.3 is 4.74 Å². The van der Waals surface area contributed by atoms with Crippen molar-refractivity contribution < 1.29 is 9.53 Å². The van der Waals surface area contributed by atoms with Crippen LogP contribution in [0.25, 0.3) is 0 Å². The number of H-pyrrole nitrogens is 3. The molecule has 0 aliphatic heterocycles. The van der Waals surface area contributed by atoms with Crippen LogP contribution in [0.4, 0.5) is 0 Å². The molecule has 0 radical (unpaired) electrons. The van der Waals surface area contributed by atoms with E-state index in [-0.39, 0.29) is 12.4 Å². The van der Waals surface area contributed by atoms with Crippen molar-refractivity contribution in [2.45, 2.75) is 32.3 Å². The van der Waals surface area contributed by atoms with Gasteiger partial charge in [-0.05, 0) is 25.7 Å². The fraction of sp³-hybridized carbons (Fsp3) is 0.455. The molecule has 0 amide bonds. The number of hydrogen-bond acceptors (Lipinski definition) is 5. The molecule has 0 atom stereocenters. The number of nitrogens with one attached hydrogen (secondary N) is 3. The van der Waals surface area contributed by atoms with Gasteiger partial charge >= 0.3 is 11.7 Å². The second-order valence-corrected chi connectivity index (χ2v) is 4.44. The maximum atomic E-state index is 11.9. The molecule has 0 fully saturated rings. The van der Waals surface area contributed by atoms with E-state index in [1.807, 2.05) is 0 Å². The second kappa shape index (κ2) is 4.71. The van der Waals surface area contributed by atoms with E-state index in [1.165, 1.54) is 0 Å². The summed E-state index contributed by atoms with van der Waals surface area (Å²) in [5, 5.41) is 12.8. The number of esters is 1. The first-order valence-electron chi connectivity index (χ1n) is 6.11. The number of aryl methyl sites for hydroxylation is 1. The first-order valence-corrected chi connectivity index (χ1v) is 6.11. The Hall–Kier alpha value is -2.38. The van der Waals surface area contributed by atoms with E-state index in [0.29, 0.717) is 5.69 Å². The highest BCUT2D eigenvalue weighted by molar-refractivity contribution is 5.89. The van der Waals surface area contributed by atoms with Crippen molar-refractivity contribution in [1.29, 1.82) is 0 Å². The molecular weight excluding hydrogens is 250 g/mol. The first kappa shape index (κ1) is 11.7. The summed E-state index contributed by atoms with van der Waals surface area (Å²) in [7, 11) is 0. The van der Waals surface area contributed by atoms with Crippen LogP contribution in [-0.4, -0.2) is 31.3 Å². The van der Waals surface area contributed by atoms with Crippen LogP contribution < -0.4 is 5.69 Å². The predicted molar refractivity (Wildman–Crippen MR) is 63.6 cm³/mol. The average Bonchev–Trinajstić information content (AvgIpc) is 3.02. The van der Waals surface area contributed by atoms with Crippen molar-refractivity contribution in [3.63, 3.8) is 0 Å². The van der Waals surface area contributed by atoms with Gasteiger partial charge in [-0.15, -0.1) is 0 Å². The Morgan fingerprint density at radius 1 is 1.21 bits per heavy atom. The molecule has 3 N–H and O–H groups in total. The zero-order chi connectivity index (χ0) is 13.2. The van der Waals surface area contributed by atoms with Gasteiger partial charge in [0.1, 0.15) is 0 Å². The molecule has 8 nitrogen and oxygen atoms in total. The molecule has 1 aliphatic rings. The lowest BCUT2D eigenvalue weighted by Crippen LogP contribution is -2.11. The van der Waals surface area contributed by atoms with Crippen molar-refractivity contribution in [3.05, 3.63) is 33.3 Å². The second-order valence-electron chi connectivity index (χ2n) is 4.44. The number of aromatic amines is 3. The minimum atomic E-state index is -0.497. The van der Waals surface area contributed by atoms with Gasteiger partial charge in [0.2, 0.25) is 0 Å². The van der Waals surface area contributed by atoms with Gasteiger partial charge in [0.25, 0.3) is 0 Å². The lowest BCUT2D eigenvalue weighted by Gasteiger charge is -2.10. The average molecular weight is 263 g/mol. The van der Waals surface area contributed by atoms with Gasteiger partial charge in [0.15, 0.2) is 18.1 Å². The summed E-state index contributed by atoms with van der Waals surface area (Å²) in [4.78, 5) is 25.2. The predicted octanol–water partition coefficient (Wildman–Crippen LogP) is 0.0569. The SMILES string of the molecule is O=C(OCc1n[nH]c(=O)[nH]1)c1n[nH]c2c1CCCC2. The van der Waals surface area contributed by atoms with Gasteiger partial charge in [-0.2, -0.15) is 10.2 Å². The van der Waals surface area contributed by atoms with E-state index in [0.717, 1.165) is 36.9 Å². The fourth-order valence-electron chi connectivity index (χ4n) is 2.23. The summed E-state index contributed by atoms with van der Waals surface area (Å²) < 4.78 is 5.08. The number of ether oxygens (including phenoxy) is 1. The van der Waals surface area contributed by atoms with Gasteiger partial charge in [-0.1, -0.05) is 0 Å². The Bertz CT molecular complexity index is 653. The Balaban J connectivity index is 1.70. The number of rotatable bonds is 3. The molecule has 0 aromatic carbocycles. The van der Waals surface area contributed by atoms with E-state index >= 15 is 0 Å². The summed E-state index contributed by atoms with van der Waals surface area (Å²) in [6.07, 6.45) is 3.93. The lowest BCUT2D eigenvalue weighted by atomic mass is 9.96. The van der Waals surface area contributed by atoms with Crippen LogP contribution >= 0.6 is 0 Å². The van der Waals surface area contributed by atoms with Crippen LogP contribution in [0.1, 0.15) is 40.4 Å². The molecule has 8 heteroatoms. The highest BCUT2D eigenvalue weighted by Gasteiger charge is 2.22. The van der Waals surface area contributed by atoms with E-state index in [4.69, 9.17) is 4.74 Å². The lowest BCUT2D eigenvalue weighted by molar-refractivity contribution is 0.0454. The van der Waals surface area contributed by atoms with Crippen LogP contribution in [0, 0.1) is 0 Å². The van der Waals surface area contributed by atoms with Crippen LogP contribution in [0.3, 0.4) is 0 Å². The quantitative estimate of drug-likeness (QED) is 0.677. The van der Waals surface area contributed by atoms with E-state index in [1.54, 1.807) is 0 Å². The molecule has 2 aromatic rings. The van der Waals surface area contributed by atoms with Crippen LogP contribution in [0.2, 0.25) is 0 Å². The van der Waals surface area contributed by atoms with Crippen LogP contribution in [0.5, 0.6) is 0 Å². The summed E-state index contributed by atoms with van der Waals surface area (Å²) in [5.41, 5.74) is 1.88. The highest BCUT2D eigenvalue weighted by Crippen LogP contribution is 2.22. The molecule has 2 heterocycles. The maximum Gasteiger partial charge on any atom is 0.359 e. The molecule has 2 aromatic heterocycles. The van der Waals surface area contributed by atoms with Crippen LogP contribution in [-0.2, 0) is 24.2 Å². The fourth-order valence-corrected chi connectivity index (χ4v) is 2.23. The van der Waals surface area contributed by atoms with Crippen LogP contribution in [0.15, 0.2) is 4.79 Å². The third-order valence-corrected chi connectivity index (χ3v) is 3.14. The van der Waals surface area contributed by atoms with Crippen molar-refractivity contribution in [2.75, 3.05) is 0 Å². The number of aromatic nitrogens is 5.